The van der Waals surface area contributed by atoms with E-state index in [9.17, 15) is 19.1 Å². The molecule has 1 N–H and O–H groups in total. The minimum Gasteiger partial charge on any atom is -0.507 e. The van der Waals surface area contributed by atoms with E-state index in [1.54, 1.807) is 12.1 Å². The molecule has 0 unspecified atom stereocenters. The maximum atomic E-state index is 13.2. The molecular formula is C20H21FN2O4. The lowest BCUT2D eigenvalue weighted by molar-refractivity contribution is -0.140. The Kier molecular flexibility index (Phi) is 5.41. The summed E-state index contributed by atoms with van der Waals surface area (Å²) >= 11 is 0. The van der Waals surface area contributed by atoms with Crippen LogP contribution in [-0.2, 0) is 9.59 Å². The number of aliphatic hydroxyl groups is 1. The molecule has 2 heterocycles. The van der Waals surface area contributed by atoms with Crippen molar-refractivity contribution >= 4 is 17.4 Å². The zero-order chi connectivity index (χ0) is 19.6. The van der Waals surface area contributed by atoms with Crippen molar-refractivity contribution in [2.45, 2.75) is 12.5 Å². The van der Waals surface area contributed by atoms with Crippen molar-refractivity contribution in [3.63, 3.8) is 0 Å². The standard InChI is InChI=1S/C20H21FN2O4/c1-22(2)10-4-11-23-17(15-5-3-12-27-15)16(19(25)20(23)26)18(24)13-6-8-14(21)9-7-13/h3,5-9,12,17,24H,4,10-11H2,1-2H3/t17-/m0/s1. The largest absolute Gasteiger partial charge is 0.507 e. The van der Waals surface area contributed by atoms with Gasteiger partial charge in [-0.05, 0) is 63.5 Å². The second kappa shape index (κ2) is 7.75. The lowest BCUT2D eigenvalue weighted by atomic mass is 9.99. The Bertz CT molecular complexity index is 857. The molecule has 3 rings (SSSR count). The van der Waals surface area contributed by atoms with Gasteiger partial charge in [-0.3, -0.25) is 9.59 Å². The highest BCUT2D eigenvalue weighted by molar-refractivity contribution is 6.46. The van der Waals surface area contributed by atoms with Gasteiger partial charge in [0.25, 0.3) is 11.7 Å². The molecule has 0 bridgehead atoms. The number of nitrogens with zero attached hydrogens (tertiary/aromatic N) is 2. The molecular weight excluding hydrogens is 351 g/mol. The lowest BCUT2D eigenvalue weighted by Crippen LogP contribution is -2.32. The first-order chi connectivity index (χ1) is 12.9. The molecule has 1 aromatic carbocycles. The van der Waals surface area contributed by atoms with Gasteiger partial charge in [-0.15, -0.1) is 0 Å². The van der Waals surface area contributed by atoms with Gasteiger partial charge in [0.2, 0.25) is 0 Å². The normalized spacial score (nSPS) is 19.3. The molecule has 1 aromatic heterocycles. The summed E-state index contributed by atoms with van der Waals surface area (Å²) in [6.07, 6.45) is 2.11. The summed E-state index contributed by atoms with van der Waals surface area (Å²) in [5.74, 6) is -1.87. The Balaban J connectivity index is 2.03. The number of furan rings is 1. The molecule has 0 spiro atoms. The summed E-state index contributed by atoms with van der Waals surface area (Å²) in [5.41, 5.74) is 0.214. The molecule has 1 aliphatic heterocycles. The van der Waals surface area contributed by atoms with Crippen LogP contribution in [0.5, 0.6) is 0 Å². The first-order valence-corrected chi connectivity index (χ1v) is 8.62. The molecule has 0 aliphatic carbocycles. The van der Waals surface area contributed by atoms with Crippen LogP contribution in [0.2, 0.25) is 0 Å². The van der Waals surface area contributed by atoms with E-state index in [4.69, 9.17) is 4.42 Å². The lowest BCUT2D eigenvalue weighted by Gasteiger charge is -2.23. The number of hydrogen-bond acceptors (Lipinski definition) is 5. The Hall–Kier alpha value is -2.93. The fraction of sp³-hybridized carbons (Fsp3) is 0.300. The predicted octanol–water partition coefficient (Wildman–Crippen LogP) is 2.79. The molecule has 1 fully saturated rings. The van der Waals surface area contributed by atoms with Crippen molar-refractivity contribution in [2.24, 2.45) is 0 Å². The van der Waals surface area contributed by atoms with Crippen molar-refractivity contribution in [1.82, 2.24) is 9.80 Å². The summed E-state index contributed by atoms with van der Waals surface area (Å²) in [7, 11) is 3.85. The minimum absolute atomic E-state index is 0.0496. The van der Waals surface area contributed by atoms with Gasteiger partial charge in [-0.25, -0.2) is 4.39 Å². The van der Waals surface area contributed by atoms with Gasteiger partial charge in [0.05, 0.1) is 11.8 Å². The number of likely N-dealkylation sites (tertiary alicyclic amines) is 1. The van der Waals surface area contributed by atoms with Crippen LogP contribution in [0.15, 0.2) is 52.7 Å². The van der Waals surface area contributed by atoms with E-state index in [2.05, 4.69) is 0 Å². The number of aliphatic hydroxyl groups excluding tert-OH is 1. The fourth-order valence-corrected chi connectivity index (χ4v) is 3.17. The van der Waals surface area contributed by atoms with Crippen LogP contribution in [0.1, 0.15) is 23.8 Å². The number of benzene rings is 1. The zero-order valence-corrected chi connectivity index (χ0v) is 15.2. The van der Waals surface area contributed by atoms with E-state index < -0.39 is 23.5 Å². The SMILES string of the molecule is CN(C)CCCN1C(=O)C(=O)C(=C(O)c2ccc(F)cc2)[C@@H]1c1ccco1. The number of carbonyl (C=O) groups is 2. The Labute approximate surface area is 156 Å². The summed E-state index contributed by atoms with van der Waals surface area (Å²) in [6.45, 7) is 1.08. The highest BCUT2D eigenvalue weighted by atomic mass is 19.1. The van der Waals surface area contributed by atoms with Gasteiger partial charge < -0.3 is 19.3 Å². The van der Waals surface area contributed by atoms with E-state index >= 15 is 0 Å². The summed E-state index contributed by atoms with van der Waals surface area (Å²) in [5, 5.41) is 10.7. The number of rotatable bonds is 6. The van der Waals surface area contributed by atoms with Gasteiger partial charge in [0.15, 0.2) is 0 Å². The van der Waals surface area contributed by atoms with Crippen LogP contribution in [0, 0.1) is 5.82 Å². The second-order valence-electron chi connectivity index (χ2n) is 6.67. The second-order valence-corrected chi connectivity index (χ2v) is 6.67. The Morgan fingerprint density at radius 1 is 1.22 bits per heavy atom. The highest BCUT2D eigenvalue weighted by Gasteiger charge is 2.47. The minimum atomic E-state index is -0.813. The van der Waals surface area contributed by atoms with Crippen molar-refractivity contribution in [2.75, 3.05) is 27.2 Å². The van der Waals surface area contributed by atoms with Gasteiger partial charge >= 0.3 is 0 Å². The smallest absolute Gasteiger partial charge is 0.295 e. The monoisotopic (exact) mass is 372 g/mol. The average Bonchev–Trinajstić information content (AvgIpc) is 3.24. The third-order valence-electron chi connectivity index (χ3n) is 4.47. The van der Waals surface area contributed by atoms with Crippen LogP contribution in [0.25, 0.3) is 5.76 Å². The van der Waals surface area contributed by atoms with Crippen LogP contribution < -0.4 is 0 Å². The van der Waals surface area contributed by atoms with Crippen LogP contribution in [0.4, 0.5) is 4.39 Å². The van der Waals surface area contributed by atoms with E-state index in [0.717, 1.165) is 6.54 Å². The third-order valence-corrected chi connectivity index (χ3v) is 4.47. The van der Waals surface area contributed by atoms with E-state index in [1.807, 2.05) is 19.0 Å². The van der Waals surface area contributed by atoms with Gasteiger partial charge in [0.1, 0.15) is 23.4 Å². The van der Waals surface area contributed by atoms with Crippen molar-refractivity contribution in [1.29, 1.82) is 0 Å². The van der Waals surface area contributed by atoms with Crippen LogP contribution >= 0.6 is 0 Å². The molecule has 6 nitrogen and oxygen atoms in total. The quantitative estimate of drug-likeness (QED) is 0.480. The molecule has 1 atom stereocenters. The summed E-state index contributed by atoms with van der Waals surface area (Å²) in [4.78, 5) is 28.7. The molecule has 0 radical (unpaired) electrons. The summed E-state index contributed by atoms with van der Waals surface area (Å²) < 4.78 is 18.6. The number of ketones is 1. The number of carbonyl (C=O) groups excluding carboxylic acids is 2. The van der Waals surface area contributed by atoms with Crippen LogP contribution in [-0.4, -0.2) is 53.8 Å². The predicted molar refractivity (Wildman–Crippen MR) is 97.3 cm³/mol. The average molecular weight is 372 g/mol. The molecule has 27 heavy (non-hydrogen) atoms. The van der Waals surface area contributed by atoms with E-state index in [1.165, 1.54) is 35.4 Å². The Morgan fingerprint density at radius 3 is 2.52 bits per heavy atom. The molecule has 1 saturated heterocycles. The maximum Gasteiger partial charge on any atom is 0.295 e. The number of Topliss-reactive ketones (excluding diaryl/α,β-unsaturated/α-hetero) is 1. The first kappa shape index (κ1) is 18.8. The molecule has 0 saturated carbocycles. The topological polar surface area (TPSA) is 74.0 Å². The number of hydrogen-bond donors (Lipinski definition) is 1. The van der Waals surface area contributed by atoms with Crippen LogP contribution in [0.3, 0.4) is 0 Å². The molecule has 1 aliphatic rings. The van der Waals surface area contributed by atoms with E-state index in [0.29, 0.717) is 18.7 Å². The van der Waals surface area contributed by atoms with Gasteiger partial charge in [-0.2, -0.15) is 0 Å². The summed E-state index contributed by atoms with van der Waals surface area (Å²) in [6, 6.07) is 7.61. The van der Waals surface area contributed by atoms with Crippen molar-refractivity contribution in [3.8, 4) is 0 Å². The molecule has 2 aromatic rings. The third kappa shape index (κ3) is 3.78. The number of halogens is 1. The van der Waals surface area contributed by atoms with Gasteiger partial charge in [0, 0.05) is 12.1 Å². The highest BCUT2D eigenvalue weighted by Crippen LogP contribution is 2.39. The zero-order valence-electron chi connectivity index (χ0n) is 15.2. The van der Waals surface area contributed by atoms with Crippen molar-refractivity contribution < 1.29 is 23.5 Å². The van der Waals surface area contributed by atoms with Crippen molar-refractivity contribution in [3.05, 3.63) is 65.4 Å². The van der Waals surface area contributed by atoms with E-state index in [-0.39, 0.29) is 16.9 Å². The first-order valence-electron chi connectivity index (χ1n) is 8.62. The molecule has 1 amide bonds. The molecule has 142 valence electrons. The fourth-order valence-electron chi connectivity index (χ4n) is 3.17. The number of amides is 1. The van der Waals surface area contributed by atoms with Gasteiger partial charge in [-0.1, -0.05) is 0 Å². The maximum absolute atomic E-state index is 13.2. The molecule has 7 heteroatoms. The Morgan fingerprint density at radius 2 is 1.93 bits per heavy atom.